The average molecular weight is 621 g/mol. The maximum absolute atomic E-state index is 14.1. The minimum absolute atomic E-state index is 0.0294. The maximum Gasteiger partial charge on any atom is 0.264 e. The van der Waals surface area contributed by atoms with E-state index in [1.165, 1.54) is 29.2 Å². The number of hydrogen-bond acceptors (Lipinski definition) is 4. The van der Waals surface area contributed by atoms with Crippen LogP contribution in [0.2, 0.25) is 10.0 Å². The van der Waals surface area contributed by atoms with Crippen LogP contribution in [-0.4, -0.2) is 43.8 Å². The van der Waals surface area contributed by atoms with Crippen molar-refractivity contribution in [1.82, 2.24) is 10.2 Å². The number of benzene rings is 3. The average Bonchev–Trinajstić information content (AvgIpc) is 3.46. The summed E-state index contributed by atoms with van der Waals surface area (Å²) in [6.07, 6.45) is 4.07. The molecule has 3 aromatic carbocycles. The van der Waals surface area contributed by atoms with Gasteiger partial charge in [0.2, 0.25) is 11.8 Å². The summed E-state index contributed by atoms with van der Waals surface area (Å²) in [7, 11) is -4.23. The molecule has 0 aromatic heterocycles. The van der Waals surface area contributed by atoms with Crippen LogP contribution < -0.4 is 9.62 Å². The van der Waals surface area contributed by atoms with Crippen molar-refractivity contribution in [3.63, 3.8) is 0 Å². The van der Waals surface area contributed by atoms with Crippen molar-refractivity contribution in [3.05, 3.63) is 94.2 Å². The Labute approximate surface area is 250 Å². The van der Waals surface area contributed by atoms with Crippen molar-refractivity contribution in [3.8, 4) is 0 Å². The van der Waals surface area contributed by atoms with E-state index in [0.29, 0.717) is 15.6 Å². The summed E-state index contributed by atoms with van der Waals surface area (Å²) in [5.41, 5.74) is 0.660. The molecule has 11 heteroatoms. The van der Waals surface area contributed by atoms with Crippen LogP contribution in [0, 0.1) is 5.82 Å². The van der Waals surface area contributed by atoms with Gasteiger partial charge < -0.3 is 10.2 Å². The maximum atomic E-state index is 14.1. The Morgan fingerprint density at radius 2 is 1.66 bits per heavy atom. The van der Waals surface area contributed by atoms with E-state index >= 15 is 0 Å². The molecule has 4 rings (SSSR count). The number of amides is 2. The Hall–Kier alpha value is -3.14. The van der Waals surface area contributed by atoms with E-state index in [9.17, 15) is 22.4 Å². The lowest BCUT2D eigenvalue weighted by Gasteiger charge is -2.34. The molecule has 7 nitrogen and oxygen atoms in total. The number of nitrogens with one attached hydrogen (secondary N) is 1. The highest BCUT2D eigenvalue weighted by Gasteiger charge is 2.34. The second-order valence-electron chi connectivity index (χ2n) is 9.97. The second-order valence-corrected chi connectivity index (χ2v) is 12.7. The molecular weight excluding hydrogens is 588 g/mol. The van der Waals surface area contributed by atoms with Crippen molar-refractivity contribution in [2.75, 3.05) is 10.8 Å². The fourth-order valence-corrected chi connectivity index (χ4v) is 6.88. The second kappa shape index (κ2) is 13.7. The summed E-state index contributed by atoms with van der Waals surface area (Å²) in [5, 5.41) is 3.79. The summed E-state index contributed by atoms with van der Waals surface area (Å²) in [4.78, 5) is 28.9. The van der Waals surface area contributed by atoms with Crippen LogP contribution in [0.3, 0.4) is 0 Å². The molecule has 1 N–H and O–H groups in total. The van der Waals surface area contributed by atoms with E-state index in [0.717, 1.165) is 42.1 Å². The van der Waals surface area contributed by atoms with Gasteiger partial charge in [-0.05, 0) is 73.4 Å². The van der Waals surface area contributed by atoms with Crippen LogP contribution in [0.1, 0.15) is 44.6 Å². The van der Waals surface area contributed by atoms with Gasteiger partial charge in [0.1, 0.15) is 18.4 Å². The number of carbonyl (C=O) groups excluding carboxylic acids is 2. The SMILES string of the molecule is CCC(C(=O)NC1CCCC1)N(Cc1ccc(Cl)cc1Cl)C(=O)CN(c1ccc(F)cc1)S(=O)(=O)c1ccccc1. The summed E-state index contributed by atoms with van der Waals surface area (Å²) in [6.45, 7) is 1.12. The Bertz CT molecular complexity index is 1470. The molecule has 1 aliphatic rings. The van der Waals surface area contributed by atoms with Crippen molar-refractivity contribution in [2.24, 2.45) is 0 Å². The lowest BCUT2D eigenvalue weighted by molar-refractivity contribution is -0.140. The fourth-order valence-electron chi connectivity index (χ4n) is 4.98. The van der Waals surface area contributed by atoms with Gasteiger partial charge in [-0.15, -0.1) is 0 Å². The van der Waals surface area contributed by atoms with Crippen molar-refractivity contribution in [2.45, 2.75) is 62.6 Å². The third-order valence-corrected chi connectivity index (χ3v) is 9.54. The zero-order chi connectivity index (χ0) is 29.6. The van der Waals surface area contributed by atoms with E-state index in [2.05, 4.69) is 5.32 Å². The van der Waals surface area contributed by atoms with Gasteiger partial charge in [0.05, 0.1) is 10.6 Å². The van der Waals surface area contributed by atoms with Gasteiger partial charge in [-0.3, -0.25) is 13.9 Å². The molecule has 2 amide bonds. The lowest BCUT2D eigenvalue weighted by atomic mass is 10.1. The van der Waals surface area contributed by atoms with E-state index in [4.69, 9.17) is 23.2 Å². The first kappa shape index (κ1) is 30.8. The predicted molar refractivity (Wildman–Crippen MR) is 159 cm³/mol. The first-order valence-electron chi connectivity index (χ1n) is 13.5. The Balaban J connectivity index is 1.72. The van der Waals surface area contributed by atoms with E-state index in [1.54, 1.807) is 43.3 Å². The standard InChI is InChI=1S/C30H32Cl2FN3O4S/c1-2-28(30(38)34-24-8-6-7-9-24)35(19-21-12-13-22(31)18-27(21)32)29(37)20-36(25-16-14-23(33)15-17-25)41(39,40)26-10-4-3-5-11-26/h3-5,10-18,24,28H,2,6-9,19-20H2,1H3,(H,34,38). The molecule has 1 saturated carbocycles. The molecule has 1 fully saturated rings. The van der Waals surface area contributed by atoms with Gasteiger partial charge in [0, 0.05) is 22.6 Å². The zero-order valence-corrected chi connectivity index (χ0v) is 24.9. The van der Waals surface area contributed by atoms with Crippen molar-refractivity contribution in [1.29, 1.82) is 0 Å². The number of nitrogens with zero attached hydrogens (tertiary/aromatic N) is 2. The third-order valence-electron chi connectivity index (χ3n) is 7.17. The van der Waals surface area contributed by atoms with Crippen LogP contribution in [0.4, 0.5) is 10.1 Å². The van der Waals surface area contributed by atoms with Crippen LogP contribution in [0.5, 0.6) is 0 Å². The monoisotopic (exact) mass is 619 g/mol. The van der Waals surface area contributed by atoms with Crippen LogP contribution in [0.25, 0.3) is 0 Å². The third kappa shape index (κ3) is 7.58. The number of carbonyl (C=O) groups is 2. The van der Waals surface area contributed by atoms with E-state index in [1.807, 2.05) is 0 Å². The fraction of sp³-hybridized carbons (Fsp3) is 0.333. The predicted octanol–water partition coefficient (Wildman–Crippen LogP) is 6.19. The van der Waals surface area contributed by atoms with Gasteiger partial charge in [-0.25, -0.2) is 12.8 Å². The molecule has 0 heterocycles. The Morgan fingerprint density at radius 3 is 2.27 bits per heavy atom. The summed E-state index contributed by atoms with van der Waals surface area (Å²) in [6, 6.07) is 16.5. The van der Waals surface area contributed by atoms with Crippen molar-refractivity contribution < 1.29 is 22.4 Å². The lowest BCUT2D eigenvalue weighted by Crippen LogP contribution is -2.53. The Morgan fingerprint density at radius 1 is 1.00 bits per heavy atom. The minimum atomic E-state index is -4.23. The number of anilines is 1. The topological polar surface area (TPSA) is 86.8 Å². The summed E-state index contributed by atoms with van der Waals surface area (Å²) < 4.78 is 42.3. The molecule has 1 unspecified atom stereocenters. The molecule has 0 spiro atoms. The molecule has 0 saturated heterocycles. The van der Waals surface area contributed by atoms with E-state index in [-0.39, 0.29) is 35.5 Å². The molecule has 1 atom stereocenters. The van der Waals surface area contributed by atoms with Gasteiger partial charge in [-0.1, -0.05) is 67.2 Å². The van der Waals surface area contributed by atoms with E-state index < -0.39 is 34.3 Å². The minimum Gasteiger partial charge on any atom is -0.352 e. The van der Waals surface area contributed by atoms with Gasteiger partial charge >= 0.3 is 0 Å². The highest BCUT2D eigenvalue weighted by Crippen LogP contribution is 2.27. The molecule has 0 bridgehead atoms. The van der Waals surface area contributed by atoms with Gasteiger partial charge in [0.15, 0.2) is 0 Å². The molecular formula is C30H32Cl2FN3O4S. The molecule has 3 aromatic rings. The molecule has 41 heavy (non-hydrogen) atoms. The van der Waals surface area contributed by atoms with Gasteiger partial charge in [-0.2, -0.15) is 0 Å². The zero-order valence-electron chi connectivity index (χ0n) is 22.6. The molecule has 0 aliphatic heterocycles. The van der Waals surface area contributed by atoms with Gasteiger partial charge in [0.25, 0.3) is 10.0 Å². The molecule has 1 aliphatic carbocycles. The highest BCUT2D eigenvalue weighted by atomic mass is 35.5. The largest absolute Gasteiger partial charge is 0.352 e. The number of hydrogen-bond donors (Lipinski definition) is 1. The highest BCUT2D eigenvalue weighted by molar-refractivity contribution is 7.92. The van der Waals surface area contributed by atoms with Crippen LogP contribution in [-0.2, 0) is 26.2 Å². The molecule has 218 valence electrons. The summed E-state index contributed by atoms with van der Waals surface area (Å²) >= 11 is 12.5. The number of halogens is 3. The van der Waals surface area contributed by atoms with Crippen LogP contribution >= 0.6 is 23.2 Å². The normalized spacial score (nSPS) is 14.4. The first-order valence-corrected chi connectivity index (χ1v) is 15.7. The smallest absolute Gasteiger partial charge is 0.264 e. The molecule has 0 radical (unpaired) electrons. The summed E-state index contributed by atoms with van der Waals surface area (Å²) in [5.74, 6) is -1.48. The quantitative estimate of drug-likeness (QED) is 0.277. The number of rotatable bonds is 11. The Kier molecular flexibility index (Phi) is 10.3. The van der Waals surface area contributed by atoms with Crippen molar-refractivity contribution >= 4 is 50.7 Å². The van der Waals surface area contributed by atoms with Crippen LogP contribution in [0.15, 0.2) is 77.7 Å². The number of sulfonamides is 1. The first-order chi connectivity index (χ1) is 19.6.